The highest BCUT2D eigenvalue weighted by molar-refractivity contribution is 5.83. The summed E-state index contributed by atoms with van der Waals surface area (Å²) in [6.45, 7) is 8.27. The third-order valence-electron chi connectivity index (χ3n) is 6.81. The number of aryl methyl sites for hydroxylation is 1. The highest BCUT2D eigenvalue weighted by atomic mass is 19.1. The lowest BCUT2D eigenvalue weighted by Gasteiger charge is -2.34. The van der Waals surface area contributed by atoms with E-state index in [1.54, 1.807) is 13.0 Å². The lowest BCUT2D eigenvalue weighted by molar-refractivity contribution is 0.270. The predicted molar refractivity (Wildman–Crippen MR) is 133 cm³/mol. The molecular weight excluding hydrogens is 466 g/mol. The van der Waals surface area contributed by atoms with Crippen LogP contribution in [0.25, 0.3) is 10.9 Å². The van der Waals surface area contributed by atoms with Gasteiger partial charge in [-0.15, -0.1) is 0 Å². The number of hydrogen-bond donors (Lipinski definition) is 3. The number of rotatable bonds is 7. The molecule has 2 fully saturated rings. The zero-order chi connectivity index (χ0) is 24.8. The number of aromatic amines is 2. The maximum Gasteiger partial charge on any atom is 0.326 e. The Hall–Kier alpha value is -3.73. The maximum atomic E-state index is 15.2. The highest BCUT2D eigenvalue weighted by Crippen LogP contribution is 2.40. The topological polar surface area (TPSA) is 98.0 Å². The Labute approximate surface area is 206 Å². The molecule has 0 unspecified atom stereocenters. The number of piperazine rings is 1. The molecule has 188 valence electrons. The van der Waals surface area contributed by atoms with Crippen molar-refractivity contribution < 1.29 is 13.5 Å². The molecule has 4 aromatic rings. The number of anilines is 3. The first kappa shape index (κ1) is 22.7. The second-order valence-electron chi connectivity index (χ2n) is 9.44. The fourth-order valence-corrected chi connectivity index (χ4v) is 4.62. The van der Waals surface area contributed by atoms with Crippen molar-refractivity contribution in [3.05, 3.63) is 47.3 Å². The van der Waals surface area contributed by atoms with Gasteiger partial charge in [0.05, 0.1) is 5.52 Å². The fourth-order valence-electron chi connectivity index (χ4n) is 4.62. The van der Waals surface area contributed by atoms with Gasteiger partial charge in [0.25, 0.3) is 0 Å². The van der Waals surface area contributed by atoms with Gasteiger partial charge in [-0.25, -0.2) is 8.78 Å². The first-order valence-electron chi connectivity index (χ1n) is 12.3. The molecule has 0 radical (unpaired) electrons. The van der Waals surface area contributed by atoms with E-state index in [0.717, 1.165) is 57.3 Å². The van der Waals surface area contributed by atoms with E-state index < -0.39 is 11.6 Å². The Bertz CT molecular complexity index is 1400. The summed E-state index contributed by atoms with van der Waals surface area (Å²) in [6.07, 6.45) is 2.32. The lowest BCUT2D eigenvalue weighted by Crippen LogP contribution is -2.46. The van der Waals surface area contributed by atoms with Gasteiger partial charge in [-0.2, -0.15) is 15.1 Å². The van der Waals surface area contributed by atoms with Crippen molar-refractivity contribution in [3.63, 3.8) is 0 Å². The van der Waals surface area contributed by atoms with Crippen LogP contribution in [-0.2, 0) is 0 Å². The van der Waals surface area contributed by atoms with Gasteiger partial charge in [0.15, 0.2) is 23.2 Å². The summed E-state index contributed by atoms with van der Waals surface area (Å²) < 4.78 is 35.6. The minimum Gasteiger partial charge on any atom is -0.421 e. The van der Waals surface area contributed by atoms with Crippen LogP contribution < -0.4 is 15.0 Å². The lowest BCUT2D eigenvalue weighted by atomic mass is 10.2. The Balaban J connectivity index is 1.33. The van der Waals surface area contributed by atoms with E-state index in [2.05, 4.69) is 47.2 Å². The quantitative estimate of drug-likeness (QED) is 0.339. The van der Waals surface area contributed by atoms with Gasteiger partial charge in [-0.3, -0.25) is 5.10 Å². The molecule has 0 amide bonds. The third-order valence-corrected chi connectivity index (χ3v) is 6.81. The Morgan fingerprint density at radius 1 is 1.06 bits per heavy atom. The van der Waals surface area contributed by atoms with E-state index in [9.17, 15) is 4.39 Å². The first-order valence-corrected chi connectivity index (χ1v) is 12.3. The van der Waals surface area contributed by atoms with Gasteiger partial charge in [0.1, 0.15) is 11.6 Å². The van der Waals surface area contributed by atoms with E-state index >= 15 is 4.39 Å². The second-order valence-corrected chi connectivity index (χ2v) is 9.44. The largest absolute Gasteiger partial charge is 0.421 e. The number of likely N-dealkylation sites (N-methyl/N-ethyl adjacent to an activating group) is 1. The number of nitrogens with zero attached hydrogens (tertiary/aromatic N) is 5. The number of fused-ring (bicyclic) bond motifs is 1. The summed E-state index contributed by atoms with van der Waals surface area (Å²) >= 11 is 0. The van der Waals surface area contributed by atoms with Crippen LogP contribution in [0.3, 0.4) is 0 Å². The van der Waals surface area contributed by atoms with E-state index in [-0.39, 0.29) is 22.7 Å². The molecule has 11 heteroatoms. The van der Waals surface area contributed by atoms with Crippen LogP contribution in [0.2, 0.25) is 0 Å². The van der Waals surface area contributed by atoms with Crippen molar-refractivity contribution in [1.82, 2.24) is 30.0 Å². The molecule has 1 saturated heterocycles. The SMILES string of the molecule is CCN1CCN(c2cc(Nc3cc(C4CC4)[nH]n3)nc(Oc3cc(F)c4[nH]c(C)cc4c3F)n2)CC1. The summed E-state index contributed by atoms with van der Waals surface area (Å²) in [4.78, 5) is 16.3. The van der Waals surface area contributed by atoms with Crippen LogP contribution in [0.1, 0.15) is 37.1 Å². The van der Waals surface area contributed by atoms with Crippen molar-refractivity contribution in [1.29, 1.82) is 0 Å². The Morgan fingerprint density at radius 2 is 1.86 bits per heavy atom. The molecule has 1 saturated carbocycles. The summed E-state index contributed by atoms with van der Waals surface area (Å²) in [5.41, 5.74) is 1.85. The number of nitrogens with one attached hydrogen (secondary N) is 3. The van der Waals surface area contributed by atoms with Crippen LogP contribution in [0.4, 0.5) is 26.2 Å². The van der Waals surface area contributed by atoms with Crippen molar-refractivity contribution >= 4 is 28.4 Å². The molecule has 3 aromatic heterocycles. The van der Waals surface area contributed by atoms with Crippen LogP contribution in [-0.4, -0.2) is 62.8 Å². The number of ether oxygens (including phenoxy) is 1. The molecule has 9 nitrogen and oxygen atoms in total. The van der Waals surface area contributed by atoms with Crippen LogP contribution >= 0.6 is 0 Å². The van der Waals surface area contributed by atoms with Gasteiger partial charge in [-0.05, 0) is 32.4 Å². The Kier molecular flexibility index (Phi) is 5.71. The monoisotopic (exact) mass is 494 g/mol. The molecule has 4 heterocycles. The van der Waals surface area contributed by atoms with E-state index in [1.807, 2.05) is 12.1 Å². The van der Waals surface area contributed by atoms with Crippen molar-refractivity contribution in [3.8, 4) is 11.8 Å². The molecule has 3 N–H and O–H groups in total. The number of hydrogen-bond acceptors (Lipinski definition) is 7. The summed E-state index contributed by atoms with van der Waals surface area (Å²) in [6, 6.07) is 6.29. The second kappa shape index (κ2) is 9.05. The average molecular weight is 495 g/mol. The first-order chi connectivity index (χ1) is 17.5. The normalized spacial score (nSPS) is 16.6. The van der Waals surface area contributed by atoms with Crippen LogP contribution in [0.5, 0.6) is 11.8 Å². The fraction of sp³-hybridized carbons (Fsp3) is 0.400. The van der Waals surface area contributed by atoms with Gasteiger partial charge in [0, 0.05) is 67.1 Å². The molecule has 0 atom stereocenters. The van der Waals surface area contributed by atoms with E-state index in [1.165, 1.54) is 0 Å². The van der Waals surface area contributed by atoms with Crippen molar-refractivity contribution in [2.75, 3.05) is 42.9 Å². The minimum atomic E-state index is -0.669. The van der Waals surface area contributed by atoms with E-state index in [4.69, 9.17) is 4.74 Å². The summed E-state index contributed by atoms with van der Waals surface area (Å²) in [7, 11) is 0. The zero-order valence-corrected chi connectivity index (χ0v) is 20.2. The molecule has 36 heavy (non-hydrogen) atoms. The predicted octanol–water partition coefficient (Wildman–Crippen LogP) is 4.82. The molecule has 1 aliphatic carbocycles. The molecule has 1 aliphatic heterocycles. The third kappa shape index (κ3) is 4.46. The van der Waals surface area contributed by atoms with Crippen LogP contribution in [0.15, 0.2) is 24.3 Å². The zero-order valence-electron chi connectivity index (χ0n) is 20.2. The van der Waals surface area contributed by atoms with Crippen LogP contribution in [0, 0.1) is 18.6 Å². The smallest absolute Gasteiger partial charge is 0.326 e. The molecule has 0 bridgehead atoms. The van der Waals surface area contributed by atoms with Gasteiger partial charge >= 0.3 is 6.01 Å². The average Bonchev–Trinajstić information content (AvgIpc) is 3.49. The summed E-state index contributed by atoms with van der Waals surface area (Å²) in [5, 5.41) is 10.7. The van der Waals surface area contributed by atoms with Gasteiger partial charge in [-0.1, -0.05) is 6.92 Å². The number of halogens is 2. The maximum absolute atomic E-state index is 15.2. The van der Waals surface area contributed by atoms with Crippen molar-refractivity contribution in [2.45, 2.75) is 32.6 Å². The van der Waals surface area contributed by atoms with Gasteiger partial charge in [0.2, 0.25) is 0 Å². The highest BCUT2D eigenvalue weighted by Gasteiger charge is 2.26. The molecule has 0 spiro atoms. The molecule has 1 aromatic carbocycles. The van der Waals surface area contributed by atoms with E-state index in [0.29, 0.717) is 29.1 Å². The minimum absolute atomic E-state index is 0.0734. The number of H-pyrrole nitrogens is 2. The van der Waals surface area contributed by atoms with Gasteiger partial charge < -0.3 is 24.8 Å². The summed E-state index contributed by atoms with van der Waals surface area (Å²) in [5.74, 6) is 0.726. The standard InChI is InChI=1S/C25H28F2N8O/c1-3-34-6-8-35(9-7-34)22-13-20(29-21-12-18(32-33-21)15-4-5-15)30-25(31-22)36-19-11-17(26)24-16(23(19)27)10-14(2)28-24/h10-13,15,28H,3-9H2,1-2H3,(H2,29,30,31,32,33). The molecule has 2 aliphatic rings. The number of benzene rings is 1. The number of aromatic nitrogens is 5. The van der Waals surface area contributed by atoms with Crippen molar-refractivity contribution in [2.24, 2.45) is 0 Å². The molecular formula is C25H28F2N8O. The Morgan fingerprint density at radius 3 is 2.61 bits per heavy atom. The molecule has 6 rings (SSSR count).